The van der Waals surface area contributed by atoms with Crippen LogP contribution in [0.4, 0.5) is 5.82 Å². The molecule has 2 aromatic heterocycles. The van der Waals surface area contributed by atoms with Gasteiger partial charge >= 0.3 is 0 Å². The smallest absolute Gasteiger partial charge is 0.224 e. The van der Waals surface area contributed by atoms with Crippen LogP contribution in [0.1, 0.15) is 48.4 Å². The van der Waals surface area contributed by atoms with E-state index in [0.717, 1.165) is 65.4 Å². The predicted octanol–water partition coefficient (Wildman–Crippen LogP) is 5.77. The largest absolute Gasteiger partial charge is 0.395 e. The maximum atomic E-state index is 13.5. The summed E-state index contributed by atoms with van der Waals surface area (Å²) in [4.78, 5) is 19.9. The molecule has 44 heavy (non-hydrogen) atoms. The van der Waals surface area contributed by atoms with Crippen LogP contribution in [0.5, 0.6) is 0 Å². The lowest BCUT2D eigenvalue weighted by Gasteiger charge is -2.34. The number of aryl methyl sites for hydroxylation is 2. The van der Waals surface area contributed by atoms with Crippen LogP contribution in [-0.4, -0.2) is 71.5 Å². The van der Waals surface area contributed by atoms with E-state index in [0.29, 0.717) is 32.5 Å². The van der Waals surface area contributed by atoms with Gasteiger partial charge in [-0.25, -0.2) is 4.98 Å². The summed E-state index contributed by atoms with van der Waals surface area (Å²) in [5, 5.41) is 14.0. The minimum absolute atomic E-state index is 0.0640. The Morgan fingerprint density at radius 1 is 1.18 bits per heavy atom. The lowest BCUT2D eigenvalue weighted by atomic mass is 9.91. The van der Waals surface area contributed by atoms with Crippen molar-refractivity contribution in [1.29, 1.82) is 0 Å². The summed E-state index contributed by atoms with van der Waals surface area (Å²) in [7, 11) is 1.73. The topological polar surface area (TPSA) is 106 Å². The molecule has 3 heterocycles. The fourth-order valence-corrected chi connectivity index (χ4v) is 6.80. The van der Waals surface area contributed by atoms with Gasteiger partial charge in [-0.1, -0.05) is 48.0 Å². The second-order valence-electron chi connectivity index (χ2n) is 11.8. The standard InChI is InChI=1S/C35H44ClN5O3/c1-24-30-7-3-8-31(36)35(30)41(17-5-19-44-2)34(24)28-6-4-16-40(23-28)33(43)21-29(37)20-25-9-11-26(12-10-25)27-13-14-32(39-22-27)38-15-18-42/h3,7-14,22,28-29,42H,4-6,15-21,23,37H2,1-2H3,(H,38,39)/t28?,29-/m1/s1. The Morgan fingerprint density at radius 3 is 2.70 bits per heavy atom. The summed E-state index contributed by atoms with van der Waals surface area (Å²) in [6.07, 6.45) is 5.68. The second kappa shape index (κ2) is 15.0. The van der Waals surface area contributed by atoms with E-state index >= 15 is 0 Å². The van der Waals surface area contributed by atoms with E-state index in [1.54, 1.807) is 7.11 Å². The van der Waals surface area contributed by atoms with Gasteiger partial charge in [0.2, 0.25) is 5.91 Å². The number of likely N-dealkylation sites (tertiary alicyclic amines) is 1. The molecule has 0 bridgehead atoms. The number of ether oxygens (including phenoxy) is 1. The Morgan fingerprint density at radius 2 is 1.98 bits per heavy atom. The molecule has 0 radical (unpaired) electrons. The van der Waals surface area contributed by atoms with Crippen molar-refractivity contribution in [2.75, 3.05) is 45.3 Å². The molecule has 1 aliphatic rings. The molecule has 0 saturated carbocycles. The van der Waals surface area contributed by atoms with E-state index in [9.17, 15) is 4.79 Å². The summed E-state index contributed by atoms with van der Waals surface area (Å²) in [6, 6.07) is 18.1. The molecule has 2 atom stereocenters. The van der Waals surface area contributed by atoms with Crippen LogP contribution in [0.3, 0.4) is 0 Å². The molecule has 1 unspecified atom stereocenters. The number of aliphatic hydroxyl groups excluding tert-OH is 1. The third kappa shape index (κ3) is 7.44. The number of benzene rings is 2. The van der Waals surface area contributed by atoms with Crippen molar-refractivity contribution in [3.63, 3.8) is 0 Å². The number of aromatic nitrogens is 2. The molecule has 8 nitrogen and oxygen atoms in total. The van der Waals surface area contributed by atoms with Crippen LogP contribution in [0, 0.1) is 6.92 Å². The van der Waals surface area contributed by atoms with Crippen LogP contribution in [0.15, 0.2) is 60.8 Å². The van der Waals surface area contributed by atoms with Crippen molar-refractivity contribution in [2.45, 2.75) is 57.5 Å². The molecule has 1 aliphatic heterocycles. The maximum absolute atomic E-state index is 13.5. The number of nitrogens with one attached hydrogen (secondary N) is 1. The number of piperidine rings is 1. The van der Waals surface area contributed by atoms with Gasteiger partial charge < -0.3 is 30.4 Å². The summed E-state index contributed by atoms with van der Waals surface area (Å²) in [6.45, 7) is 5.70. The normalized spacial score (nSPS) is 15.9. The molecule has 2 aromatic carbocycles. The van der Waals surface area contributed by atoms with E-state index in [-0.39, 0.29) is 24.5 Å². The first kappa shape index (κ1) is 32.0. The highest BCUT2D eigenvalue weighted by molar-refractivity contribution is 6.35. The van der Waals surface area contributed by atoms with E-state index in [4.69, 9.17) is 27.2 Å². The van der Waals surface area contributed by atoms with E-state index in [2.05, 4.69) is 52.1 Å². The molecular formula is C35H44ClN5O3. The number of amides is 1. The number of carbonyl (C=O) groups excluding carboxylic acids is 1. The summed E-state index contributed by atoms with van der Waals surface area (Å²) in [5.74, 6) is 1.10. The Labute approximate surface area is 265 Å². The number of para-hydroxylation sites is 1. The number of fused-ring (bicyclic) bond motifs is 1. The van der Waals surface area contributed by atoms with Crippen molar-refractivity contribution in [3.05, 3.63) is 82.6 Å². The van der Waals surface area contributed by atoms with Gasteiger partial charge in [-0.2, -0.15) is 0 Å². The monoisotopic (exact) mass is 617 g/mol. The maximum Gasteiger partial charge on any atom is 0.224 e. The molecule has 0 aliphatic carbocycles. The molecule has 5 rings (SSSR count). The molecule has 1 amide bonds. The van der Waals surface area contributed by atoms with Gasteiger partial charge in [-0.3, -0.25) is 4.79 Å². The quantitative estimate of drug-likeness (QED) is 0.165. The minimum Gasteiger partial charge on any atom is -0.395 e. The lowest BCUT2D eigenvalue weighted by molar-refractivity contribution is -0.132. The highest BCUT2D eigenvalue weighted by atomic mass is 35.5. The van der Waals surface area contributed by atoms with Crippen molar-refractivity contribution in [2.24, 2.45) is 5.73 Å². The van der Waals surface area contributed by atoms with Gasteiger partial charge in [0.25, 0.3) is 0 Å². The Hall–Kier alpha value is -3.43. The number of pyridine rings is 1. The average Bonchev–Trinajstić information content (AvgIpc) is 3.33. The number of aliphatic hydroxyl groups is 1. The summed E-state index contributed by atoms with van der Waals surface area (Å²) in [5.41, 5.74) is 13.3. The van der Waals surface area contributed by atoms with Crippen molar-refractivity contribution < 1.29 is 14.6 Å². The minimum atomic E-state index is -0.256. The number of methoxy groups -OCH3 is 1. The number of hydrogen-bond acceptors (Lipinski definition) is 6. The van der Waals surface area contributed by atoms with Gasteiger partial charge in [0, 0.05) is 81.1 Å². The summed E-state index contributed by atoms with van der Waals surface area (Å²) < 4.78 is 7.72. The highest BCUT2D eigenvalue weighted by Gasteiger charge is 2.30. The van der Waals surface area contributed by atoms with Crippen molar-refractivity contribution in [3.8, 4) is 11.1 Å². The SMILES string of the molecule is COCCCn1c(C2CCCN(C(=O)C[C@H](N)Cc3ccc(-c4ccc(NCCO)nc4)cc3)C2)c(C)c2cccc(Cl)c21. The van der Waals surface area contributed by atoms with Gasteiger partial charge in [-0.15, -0.1) is 0 Å². The van der Waals surface area contributed by atoms with Gasteiger partial charge in [0.15, 0.2) is 0 Å². The first-order valence-electron chi connectivity index (χ1n) is 15.6. The van der Waals surface area contributed by atoms with Crippen LogP contribution in [0.2, 0.25) is 5.02 Å². The van der Waals surface area contributed by atoms with E-state index < -0.39 is 0 Å². The second-order valence-corrected chi connectivity index (χ2v) is 12.2. The number of nitrogens with zero attached hydrogens (tertiary/aromatic N) is 3. The Bertz CT molecular complexity index is 1540. The first-order valence-corrected chi connectivity index (χ1v) is 16.0. The zero-order valence-electron chi connectivity index (χ0n) is 25.8. The summed E-state index contributed by atoms with van der Waals surface area (Å²) >= 11 is 6.72. The number of hydrogen-bond donors (Lipinski definition) is 3. The van der Waals surface area contributed by atoms with E-state index in [1.807, 2.05) is 35.4 Å². The van der Waals surface area contributed by atoms with Gasteiger partial charge in [0.1, 0.15) is 5.82 Å². The van der Waals surface area contributed by atoms with Crippen molar-refractivity contribution >= 4 is 34.2 Å². The molecular weight excluding hydrogens is 574 g/mol. The fourth-order valence-electron chi connectivity index (χ4n) is 6.52. The predicted molar refractivity (Wildman–Crippen MR) is 178 cm³/mol. The highest BCUT2D eigenvalue weighted by Crippen LogP contribution is 2.38. The van der Waals surface area contributed by atoms with Gasteiger partial charge in [0.05, 0.1) is 17.1 Å². The Balaban J connectivity index is 1.22. The van der Waals surface area contributed by atoms with Crippen LogP contribution < -0.4 is 11.1 Å². The van der Waals surface area contributed by atoms with Crippen LogP contribution >= 0.6 is 11.6 Å². The molecule has 4 N–H and O–H groups in total. The number of carbonyl (C=O) groups is 1. The number of rotatable bonds is 13. The number of halogens is 1. The Kier molecular flexibility index (Phi) is 10.9. The number of nitrogens with two attached hydrogens (primary N) is 1. The van der Waals surface area contributed by atoms with Crippen molar-refractivity contribution in [1.82, 2.24) is 14.5 Å². The first-order chi connectivity index (χ1) is 21.4. The lowest BCUT2D eigenvalue weighted by Crippen LogP contribution is -2.42. The van der Waals surface area contributed by atoms with Crippen LogP contribution in [-0.2, 0) is 22.5 Å². The van der Waals surface area contributed by atoms with Crippen LogP contribution in [0.25, 0.3) is 22.0 Å². The van der Waals surface area contributed by atoms with E-state index in [1.165, 1.54) is 16.6 Å². The third-order valence-electron chi connectivity index (χ3n) is 8.63. The number of anilines is 1. The molecule has 234 valence electrons. The average molecular weight is 618 g/mol. The third-order valence-corrected chi connectivity index (χ3v) is 8.94. The van der Waals surface area contributed by atoms with Gasteiger partial charge in [-0.05, 0) is 67.5 Å². The molecule has 4 aromatic rings. The fraction of sp³-hybridized carbons (Fsp3) is 0.429. The zero-order chi connectivity index (χ0) is 31.1. The zero-order valence-corrected chi connectivity index (χ0v) is 26.5. The molecule has 1 saturated heterocycles. The molecule has 9 heteroatoms. The molecule has 0 spiro atoms. The molecule has 1 fully saturated rings.